The predicted octanol–water partition coefficient (Wildman–Crippen LogP) is 2.27. The third-order valence-corrected chi connectivity index (χ3v) is 2.33. The van der Waals surface area contributed by atoms with Crippen molar-refractivity contribution in [3.8, 4) is 0 Å². The molecule has 1 rings (SSSR count). The molecule has 0 fully saturated rings. The number of allylic oxidation sites excluding steroid dienone is 1. The Hall–Kier alpha value is -2.10. The fourth-order valence-corrected chi connectivity index (χ4v) is 1.40. The van der Waals surface area contributed by atoms with Crippen LogP contribution in [0.3, 0.4) is 0 Å². The highest BCUT2D eigenvalue weighted by Crippen LogP contribution is 2.09. The highest BCUT2D eigenvalue weighted by atomic mass is 16.4. The van der Waals surface area contributed by atoms with E-state index in [2.05, 4.69) is 0 Å². The maximum atomic E-state index is 10.6. The Morgan fingerprint density at radius 2 is 1.71 bits per heavy atom. The molecule has 0 saturated heterocycles. The van der Waals surface area contributed by atoms with E-state index in [0.29, 0.717) is 6.42 Å². The third-order valence-electron chi connectivity index (χ3n) is 2.33. The molecule has 0 unspecified atom stereocenters. The van der Waals surface area contributed by atoms with E-state index in [9.17, 15) is 9.59 Å². The largest absolute Gasteiger partial charge is 0.481 e. The van der Waals surface area contributed by atoms with E-state index in [-0.39, 0.29) is 6.42 Å². The van der Waals surface area contributed by atoms with Gasteiger partial charge in [-0.2, -0.15) is 0 Å². The summed E-state index contributed by atoms with van der Waals surface area (Å²) in [6.45, 7) is 0. The number of carboxylic acids is 2. The number of rotatable bonds is 6. The van der Waals surface area contributed by atoms with E-state index in [0.717, 1.165) is 5.56 Å². The van der Waals surface area contributed by atoms with Crippen molar-refractivity contribution in [2.24, 2.45) is 5.92 Å². The molecule has 0 amide bonds. The first-order valence-electron chi connectivity index (χ1n) is 5.28. The molecule has 0 bridgehead atoms. The molecule has 0 aromatic heterocycles. The summed E-state index contributed by atoms with van der Waals surface area (Å²) >= 11 is 0. The van der Waals surface area contributed by atoms with Gasteiger partial charge in [0.2, 0.25) is 0 Å². The Labute approximate surface area is 99.2 Å². The molecule has 17 heavy (non-hydrogen) atoms. The topological polar surface area (TPSA) is 74.6 Å². The molecule has 0 heterocycles. The van der Waals surface area contributed by atoms with E-state index in [1.54, 1.807) is 6.08 Å². The van der Waals surface area contributed by atoms with Crippen LogP contribution >= 0.6 is 0 Å². The van der Waals surface area contributed by atoms with Crippen molar-refractivity contribution in [2.45, 2.75) is 12.8 Å². The van der Waals surface area contributed by atoms with E-state index in [1.165, 1.54) is 0 Å². The highest BCUT2D eigenvalue weighted by Gasteiger charge is 2.24. The number of hydrogen-bond donors (Lipinski definition) is 2. The van der Waals surface area contributed by atoms with Gasteiger partial charge in [-0.25, -0.2) is 0 Å². The monoisotopic (exact) mass is 234 g/mol. The van der Waals surface area contributed by atoms with Crippen LogP contribution in [0.5, 0.6) is 0 Å². The van der Waals surface area contributed by atoms with Crippen molar-refractivity contribution in [2.75, 3.05) is 0 Å². The first kappa shape index (κ1) is 13.0. The van der Waals surface area contributed by atoms with Crippen molar-refractivity contribution in [3.63, 3.8) is 0 Å². The number of carbonyl (C=O) groups is 2. The van der Waals surface area contributed by atoms with E-state index in [1.807, 2.05) is 36.4 Å². The van der Waals surface area contributed by atoms with Crippen molar-refractivity contribution in [1.82, 2.24) is 0 Å². The molecule has 0 aliphatic carbocycles. The summed E-state index contributed by atoms with van der Waals surface area (Å²) in [6, 6.07) is 9.54. The van der Waals surface area contributed by atoms with Crippen molar-refractivity contribution >= 4 is 18.0 Å². The van der Waals surface area contributed by atoms with Crippen molar-refractivity contribution < 1.29 is 19.8 Å². The van der Waals surface area contributed by atoms with Crippen LogP contribution in [0, 0.1) is 5.92 Å². The van der Waals surface area contributed by atoms with Crippen LogP contribution in [0.15, 0.2) is 36.4 Å². The van der Waals surface area contributed by atoms with E-state index in [4.69, 9.17) is 10.2 Å². The van der Waals surface area contributed by atoms with Gasteiger partial charge in [-0.15, -0.1) is 0 Å². The Bertz CT molecular complexity index is 395. The van der Waals surface area contributed by atoms with Gasteiger partial charge in [-0.1, -0.05) is 42.5 Å². The summed E-state index contributed by atoms with van der Waals surface area (Å²) < 4.78 is 0. The predicted molar refractivity (Wildman–Crippen MR) is 63.5 cm³/mol. The van der Waals surface area contributed by atoms with Crippen LogP contribution < -0.4 is 0 Å². The summed E-state index contributed by atoms with van der Waals surface area (Å²) in [6.07, 6.45) is 4.17. The Balaban J connectivity index is 2.44. The molecule has 0 aliphatic heterocycles. The standard InChI is InChI=1S/C13H14O4/c14-12(15)11(13(16)17)9-5-4-8-10-6-2-1-3-7-10/h1-4,6-8,11H,5,9H2,(H,14,15)(H,16,17). The zero-order valence-corrected chi connectivity index (χ0v) is 9.24. The maximum Gasteiger partial charge on any atom is 0.317 e. The first-order valence-corrected chi connectivity index (χ1v) is 5.28. The normalized spacial score (nSPS) is 10.9. The minimum absolute atomic E-state index is 0.105. The van der Waals surface area contributed by atoms with Gasteiger partial charge in [0.25, 0.3) is 0 Å². The Morgan fingerprint density at radius 1 is 1.12 bits per heavy atom. The molecule has 0 spiro atoms. The second-order valence-electron chi connectivity index (χ2n) is 3.62. The SMILES string of the molecule is O=C(O)C(CCC=Cc1ccccc1)C(=O)O. The van der Waals surface area contributed by atoms with Crippen LogP contribution in [0.1, 0.15) is 18.4 Å². The lowest BCUT2D eigenvalue weighted by Crippen LogP contribution is -2.22. The number of aliphatic carboxylic acids is 2. The molecule has 2 N–H and O–H groups in total. The molecular weight excluding hydrogens is 220 g/mol. The van der Waals surface area contributed by atoms with Crippen molar-refractivity contribution in [3.05, 3.63) is 42.0 Å². The van der Waals surface area contributed by atoms with Gasteiger partial charge < -0.3 is 10.2 Å². The van der Waals surface area contributed by atoms with Gasteiger partial charge in [0.1, 0.15) is 0 Å². The lowest BCUT2D eigenvalue weighted by molar-refractivity contribution is -0.154. The van der Waals surface area contributed by atoms with Gasteiger partial charge >= 0.3 is 11.9 Å². The van der Waals surface area contributed by atoms with Gasteiger partial charge in [-0.05, 0) is 18.4 Å². The second kappa shape index (κ2) is 6.48. The molecular formula is C13H14O4. The molecule has 0 atom stereocenters. The van der Waals surface area contributed by atoms with E-state index >= 15 is 0 Å². The summed E-state index contributed by atoms with van der Waals surface area (Å²) in [5.41, 5.74) is 1.01. The minimum Gasteiger partial charge on any atom is -0.481 e. The van der Waals surface area contributed by atoms with Crippen LogP contribution in [0.2, 0.25) is 0 Å². The fourth-order valence-electron chi connectivity index (χ4n) is 1.40. The Kier molecular flexibility index (Phi) is 4.94. The molecule has 0 saturated carbocycles. The smallest absolute Gasteiger partial charge is 0.317 e. The van der Waals surface area contributed by atoms with Gasteiger partial charge in [0.05, 0.1) is 0 Å². The van der Waals surface area contributed by atoms with Crippen LogP contribution in [0.25, 0.3) is 6.08 Å². The fraction of sp³-hybridized carbons (Fsp3) is 0.231. The summed E-state index contributed by atoms with van der Waals surface area (Å²) in [5.74, 6) is -3.90. The molecule has 4 nitrogen and oxygen atoms in total. The molecule has 1 aromatic carbocycles. The molecule has 1 aromatic rings. The lowest BCUT2D eigenvalue weighted by atomic mass is 10.0. The number of carboxylic acid groups (broad SMARTS) is 2. The zero-order chi connectivity index (χ0) is 12.7. The zero-order valence-electron chi connectivity index (χ0n) is 9.24. The van der Waals surface area contributed by atoms with Gasteiger partial charge in [0.15, 0.2) is 5.92 Å². The summed E-state index contributed by atoms with van der Waals surface area (Å²) in [5, 5.41) is 17.3. The molecule has 0 aliphatic rings. The second-order valence-corrected chi connectivity index (χ2v) is 3.62. The average molecular weight is 234 g/mol. The van der Waals surface area contributed by atoms with Gasteiger partial charge in [-0.3, -0.25) is 9.59 Å². The number of hydrogen-bond acceptors (Lipinski definition) is 2. The van der Waals surface area contributed by atoms with E-state index < -0.39 is 17.9 Å². The third kappa shape index (κ3) is 4.51. The summed E-state index contributed by atoms with van der Waals surface area (Å²) in [4.78, 5) is 21.2. The maximum absolute atomic E-state index is 10.6. The quantitative estimate of drug-likeness (QED) is 0.740. The average Bonchev–Trinajstić information content (AvgIpc) is 2.29. The highest BCUT2D eigenvalue weighted by molar-refractivity contribution is 5.92. The number of benzene rings is 1. The van der Waals surface area contributed by atoms with Crippen LogP contribution in [-0.2, 0) is 9.59 Å². The van der Waals surface area contributed by atoms with Crippen LogP contribution in [-0.4, -0.2) is 22.2 Å². The van der Waals surface area contributed by atoms with Crippen LogP contribution in [0.4, 0.5) is 0 Å². The Morgan fingerprint density at radius 3 is 2.24 bits per heavy atom. The molecule has 90 valence electrons. The molecule has 4 heteroatoms. The van der Waals surface area contributed by atoms with Crippen molar-refractivity contribution in [1.29, 1.82) is 0 Å². The van der Waals surface area contributed by atoms with Gasteiger partial charge in [0, 0.05) is 0 Å². The lowest BCUT2D eigenvalue weighted by Gasteiger charge is -2.04. The summed E-state index contributed by atoms with van der Waals surface area (Å²) in [7, 11) is 0. The minimum atomic E-state index is -1.32. The first-order chi connectivity index (χ1) is 8.11. The molecule has 0 radical (unpaired) electrons.